The van der Waals surface area contributed by atoms with Crippen molar-refractivity contribution in [3.05, 3.63) is 21.4 Å². The molecule has 1 rings (SSSR count). The summed E-state index contributed by atoms with van der Waals surface area (Å²) in [5.41, 5.74) is 1.30. The van der Waals surface area contributed by atoms with Gasteiger partial charge in [0, 0.05) is 29.8 Å². The summed E-state index contributed by atoms with van der Waals surface area (Å²) in [7, 11) is 1.83. The van der Waals surface area contributed by atoms with Crippen molar-refractivity contribution in [3.63, 3.8) is 0 Å². The molecule has 0 aliphatic rings. The van der Waals surface area contributed by atoms with Crippen LogP contribution in [0.3, 0.4) is 0 Å². The Bertz CT molecular complexity index is 456. The third-order valence-electron chi connectivity index (χ3n) is 4.15. The molecule has 1 amide bonds. The highest BCUT2D eigenvalue weighted by molar-refractivity contribution is 7.12. The minimum Gasteiger partial charge on any atom is -0.449 e. The van der Waals surface area contributed by atoms with E-state index in [4.69, 9.17) is 4.74 Å². The van der Waals surface area contributed by atoms with Crippen LogP contribution in [-0.2, 0) is 11.2 Å². The molecule has 0 radical (unpaired) electrons. The Morgan fingerprint density at radius 1 is 1.13 bits per heavy atom. The normalized spacial score (nSPS) is 10.8. The molecule has 0 aromatic carbocycles. The summed E-state index contributed by atoms with van der Waals surface area (Å²) in [6.45, 7) is 7.74. The molecule has 0 atom stereocenters. The lowest BCUT2D eigenvalue weighted by atomic mass is 10.1. The van der Waals surface area contributed by atoms with Crippen molar-refractivity contribution in [3.8, 4) is 0 Å². The van der Waals surface area contributed by atoms with Gasteiger partial charge in [-0.05, 0) is 31.9 Å². The molecular formula is C19H33NO2S. The first kappa shape index (κ1) is 20.0. The zero-order valence-electron chi connectivity index (χ0n) is 15.3. The predicted molar refractivity (Wildman–Crippen MR) is 99.5 cm³/mol. The fraction of sp³-hybridized carbons (Fsp3) is 0.737. The van der Waals surface area contributed by atoms with Crippen molar-refractivity contribution < 1.29 is 9.53 Å². The molecule has 0 fully saturated rings. The second-order valence-corrected chi connectivity index (χ2v) is 7.81. The van der Waals surface area contributed by atoms with Crippen LogP contribution in [0, 0.1) is 13.8 Å². The summed E-state index contributed by atoms with van der Waals surface area (Å²) in [5.74, 6) is 0. The number of nitrogens with zero attached hydrogens (tertiary/aromatic N) is 1. The molecule has 4 heteroatoms. The van der Waals surface area contributed by atoms with Crippen LogP contribution in [0.5, 0.6) is 0 Å². The Labute approximate surface area is 146 Å². The maximum atomic E-state index is 11.9. The summed E-state index contributed by atoms with van der Waals surface area (Å²) in [4.78, 5) is 16.3. The van der Waals surface area contributed by atoms with Gasteiger partial charge < -0.3 is 9.64 Å². The van der Waals surface area contributed by atoms with Gasteiger partial charge in [-0.3, -0.25) is 0 Å². The molecule has 1 aromatic heterocycles. The number of carbonyl (C=O) groups is 1. The third kappa shape index (κ3) is 8.40. The molecule has 0 saturated carbocycles. The molecule has 0 unspecified atom stereocenters. The lowest BCUT2D eigenvalue weighted by molar-refractivity contribution is 0.111. The maximum Gasteiger partial charge on any atom is 0.409 e. The minimum absolute atomic E-state index is 0.194. The van der Waals surface area contributed by atoms with Crippen LogP contribution < -0.4 is 0 Å². The van der Waals surface area contributed by atoms with Gasteiger partial charge in [-0.1, -0.05) is 45.4 Å². The molecule has 0 aliphatic carbocycles. The van der Waals surface area contributed by atoms with Gasteiger partial charge in [0.15, 0.2) is 0 Å². The molecule has 0 spiro atoms. The largest absolute Gasteiger partial charge is 0.449 e. The average molecular weight is 340 g/mol. The zero-order chi connectivity index (χ0) is 17.1. The van der Waals surface area contributed by atoms with Crippen molar-refractivity contribution in [2.24, 2.45) is 0 Å². The highest BCUT2D eigenvalue weighted by Crippen LogP contribution is 2.20. The Balaban J connectivity index is 2.08. The van der Waals surface area contributed by atoms with E-state index in [0.29, 0.717) is 6.61 Å². The molecule has 0 bridgehead atoms. The van der Waals surface area contributed by atoms with E-state index in [1.54, 1.807) is 16.2 Å². The van der Waals surface area contributed by atoms with Crippen molar-refractivity contribution >= 4 is 17.4 Å². The van der Waals surface area contributed by atoms with Crippen LogP contribution in [0.15, 0.2) is 6.07 Å². The molecular weight excluding hydrogens is 306 g/mol. The molecule has 1 heterocycles. The smallest absolute Gasteiger partial charge is 0.409 e. The highest BCUT2D eigenvalue weighted by atomic mass is 32.1. The van der Waals surface area contributed by atoms with Gasteiger partial charge in [0.05, 0.1) is 6.61 Å². The van der Waals surface area contributed by atoms with E-state index in [0.717, 1.165) is 19.4 Å². The number of aryl methyl sites for hydroxylation is 2. The Morgan fingerprint density at radius 3 is 2.39 bits per heavy atom. The first-order valence-corrected chi connectivity index (χ1v) is 9.80. The zero-order valence-corrected chi connectivity index (χ0v) is 16.1. The van der Waals surface area contributed by atoms with E-state index in [1.165, 1.54) is 53.8 Å². The SMILES string of the molecule is CCCCCCCCCN(C)C(=O)OCCc1cc(C)sc1C. The highest BCUT2D eigenvalue weighted by Gasteiger charge is 2.10. The van der Waals surface area contributed by atoms with E-state index >= 15 is 0 Å². The molecule has 132 valence electrons. The molecule has 1 aromatic rings. The van der Waals surface area contributed by atoms with Crippen LogP contribution in [0.2, 0.25) is 0 Å². The van der Waals surface area contributed by atoms with Gasteiger partial charge in [0.2, 0.25) is 0 Å². The van der Waals surface area contributed by atoms with Crippen LogP contribution >= 0.6 is 11.3 Å². The van der Waals surface area contributed by atoms with Gasteiger partial charge in [0.1, 0.15) is 0 Å². The average Bonchev–Trinajstić information content (AvgIpc) is 2.84. The second kappa shape index (κ2) is 11.5. The standard InChI is InChI=1S/C19H33NO2S/c1-5-6-7-8-9-10-11-13-20(4)19(21)22-14-12-18-15-16(2)23-17(18)3/h15H,5-14H2,1-4H3. The van der Waals surface area contributed by atoms with Crippen molar-refractivity contribution in [2.75, 3.05) is 20.2 Å². The predicted octanol–water partition coefficient (Wildman–Crippen LogP) is 5.73. The van der Waals surface area contributed by atoms with Crippen LogP contribution in [0.1, 0.15) is 67.2 Å². The molecule has 0 saturated heterocycles. The molecule has 3 nitrogen and oxygen atoms in total. The molecule has 0 N–H and O–H groups in total. The summed E-state index contributed by atoms with van der Waals surface area (Å²) in [5, 5.41) is 0. The van der Waals surface area contributed by atoms with E-state index in [2.05, 4.69) is 26.8 Å². The number of hydrogen-bond donors (Lipinski definition) is 0. The van der Waals surface area contributed by atoms with Gasteiger partial charge in [-0.2, -0.15) is 0 Å². The number of hydrogen-bond acceptors (Lipinski definition) is 3. The van der Waals surface area contributed by atoms with Crippen molar-refractivity contribution in [1.82, 2.24) is 4.90 Å². The van der Waals surface area contributed by atoms with E-state index in [-0.39, 0.29) is 6.09 Å². The summed E-state index contributed by atoms with van der Waals surface area (Å²) < 4.78 is 5.37. The summed E-state index contributed by atoms with van der Waals surface area (Å²) >= 11 is 1.80. The fourth-order valence-electron chi connectivity index (χ4n) is 2.69. The number of ether oxygens (including phenoxy) is 1. The van der Waals surface area contributed by atoms with E-state index in [9.17, 15) is 4.79 Å². The lowest BCUT2D eigenvalue weighted by Gasteiger charge is -2.16. The Kier molecular flexibility index (Phi) is 10.0. The van der Waals surface area contributed by atoms with Crippen LogP contribution in [0.25, 0.3) is 0 Å². The van der Waals surface area contributed by atoms with Gasteiger partial charge in [-0.15, -0.1) is 11.3 Å². The molecule has 0 aliphatic heterocycles. The number of carbonyl (C=O) groups excluding carboxylic acids is 1. The fourth-order valence-corrected chi connectivity index (χ4v) is 3.66. The van der Waals surface area contributed by atoms with Gasteiger partial charge in [-0.25, -0.2) is 4.79 Å². The Morgan fingerprint density at radius 2 is 1.78 bits per heavy atom. The van der Waals surface area contributed by atoms with E-state index in [1.807, 2.05) is 7.05 Å². The first-order chi connectivity index (χ1) is 11.0. The monoisotopic (exact) mass is 339 g/mol. The number of thiophene rings is 1. The summed E-state index contributed by atoms with van der Waals surface area (Å²) in [6.07, 6.45) is 9.47. The lowest BCUT2D eigenvalue weighted by Crippen LogP contribution is -2.29. The first-order valence-electron chi connectivity index (χ1n) is 8.98. The number of rotatable bonds is 11. The summed E-state index contributed by atoms with van der Waals surface area (Å²) in [6, 6.07) is 2.19. The van der Waals surface area contributed by atoms with Crippen LogP contribution in [-0.4, -0.2) is 31.2 Å². The van der Waals surface area contributed by atoms with Gasteiger partial charge >= 0.3 is 6.09 Å². The van der Waals surface area contributed by atoms with Crippen LogP contribution in [0.4, 0.5) is 4.79 Å². The quantitative estimate of drug-likeness (QED) is 0.482. The van der Waals surface area contributed by atoms with Crippen molar-refractivity contribution in [2.45, 2.75) is 72.1 Å². The molecule has 23 heavy (non-hydrogen) atoms. The topological polar surface area (TPSA) is 29.5 Å². The number of unbranched alkanes of at least 4 members (excludes halogenated alkanes) is 6. The third-order valence-corrected chi connectivity index (χ3v) is 5.16. The number of amides is 1. The van der Waals surface area contributed by atoms with Gasteiger partial charge in [0.25, 0.3) is 0 Å². The van der Waals surface area contributed by atoms with E-state index < -0.39 is 0 Å². The maximum absolute atomic E-state index is 11.9. The Hall–Kier alpha value is -1.03. The minimum atomic E-state index is -0.194. The van der Waals surface area contributed by atoms with Crippen molar-refractivity contribution in [1.29, 1.82) is 0 Å². The second-order valence-electron chi connectivity index (χ2n) is 6.35.